The minimum absolute atomic E-state index is 0.0955. The largest absolute Gasteiger partial charge is 0.337 e. The quantitative estimate of drug-likeness (QED) is 0.805. The summed E-state index contributed by atoms with van der Waals surface area (Å²) in [6, 6.07) is 6.40. The first kappa shape index (κ1) is 18.9. The molecule has 6 nitrogen and oxygen atoms in total. The van der Waals surface area contributed by atoms with Crippen molar-refractivity contribution in [3.8, 4) is 0 Å². The van der Waals surface area contributed by atoms with Crippen LogP contribution in [0.3, 0.4) is 0 Å². The topological polar surface area (TPSA) is 60.9 Å². The van der Waals surface area contributed by atoms with E-state index in [4.69, 9.17) is 0 Å². The smallest absolute Gasteiger partial charge is 0.253 e. The molecule has 0 aliphatic carbocycles. The summed E-state index contributed by atoms with van der Waals surface area (Å²) in [6.45, 7) is 7.63. The number of likely N-dealkylation sites (N-methyl/N-ethyl adjacent to an activating group) is 1. The third-order valence-electron chi connectivity index (χ3n) is 4.43. The molecule has 24 heavy (non-hydrogen) atoms. The number of carbonyl (C=O) groups is 1. The number of amides is 1. The molecule has 1 aliphatic heterocycles. The number of carbonyl (C=O) groups excluding carboxylic acids is 1. The van der Waals surface area contributed by atoms with Gasteiger partial charge >= 0.3 is 0 Å². The highest BCUT2D eigenvalue weighted by Crippen LogP contribution is 2.18. The van der Waals surface area contributed by atoms with E-state index in [9.17, 15) is 13.2 Å². The summed E-state index contributed by atoms with van der Waals surface area (Å²) in [5, 5.41) is 0. The van der Waals surface area contributed by atoms with E-state index in [1.54, 1.807) is 18.2 Å². The normalized spacial score (nSPS) is 17.1. The molecule has 2 rings (SSSR count). The molecule has 0 N–H and O–H groups in total. The van der Waals surface area contributed by atoms with Gasteiger partial charge in [0.15, 0.2) is 0 Å². The number of hydrogen-bond acceptors (Lipinski definition) is 4. The fourth-order valence-electron chi connectivity index (χ4n) is 2.93. The van der Waals surface area contributed by atoms with Gasteiger partial charge in [-0.3, -0.25) is 4.79 Å². The van der Waals surface area contributed by atoms with Crippen LogP contribution in [0.5, 0.6) is 0 Å². The molecule has 0 atom stereocenters. The molecule has 1 aliphatic rings. The van der Waals surface area contributed by atoms with E-state index in [0.29, 0.717) is 31.7 Å². The van der Waals surface area contributed by atoms with Crippen LogP contribution in [0.15, 0.2) is 29.2 Å². The van der Waals surface area contributed by atoms with Gasteiger partial charge in [-0.05, 0) is 38.2 Å². The van der Waals surface area contributed by atoms with Crippen molar-refractivity contribution in [1.29, 1.82) is 0 Å². The summed E-state index contributed by atoms with van der Waals surface area (Å²) in [4.78, 5) is 16.9. The molecule has 1 amide bonds. The minimum Gasteiger partial charge on any atom is -0.337 e. The predicted molar refractivity (Wildman–Crippen MR) is 94.6 cm³/mol. The van der Waals surface area contributed by atoms with Crippen molar-refractivity contribution in [2.75, 3.05) is 46.3 Å². The molecule has 134 valence electrons. The second-order valence-corrected chi connectivity index (χ2v) is 8.00. The molecule has 0 radical (unpaired) electrons. The van der Waals surface area contributed by atoms with Crippen LogP contribution in [0, 0.1) is 0 Å². The number of rotatable bonds is 5. The zero-order valence-corrected chi connectivity index (χ0v) is 15.6. The molecular weight excluding hydrogens is 326 g/mol. The zero-order chi connectivity index (χ0) is 17.7. The molecule has 0 spiro atoms. The van der Waals surface area contributed by atoms with E-state index in [1.807, 2.05) is 25.8 Å². The van der Waals surface area contributed by atoms with Crippen molar-refractivity contribution < 1.29 is 13.2 Å². The fourth-order valence-corrected chi connectivity index (χ4v) is 4.44. The van der Waals surface area contributed by atoms with Crippen molar-refractivity contribution in [2.45, 2.75) is 25.2 Å². The van der Waals surface area contributed by atoms with Crippen molar-refractivity contribution in [2.24, 2.45) is 0 Å². The first-order valence-corrected chi connectivity index (χ1v) is 9.92. The monoisotopic (exact) mass is 353 g/mol. The Morgan fingerprint density at radius 2 is 1.83 bits per heavy atom. The molecule has 1 saturated heterocycles. The molecule has 0 unspecified atom stereocenters. The summed E-state index contributed by atoms with van der Waals surface area (Å²) in [5.74, 6) is -0.0955. The third-order valence-corrected chi connectivity index (χ3v) is 6.48. The summed E-state index contributed by atoms with van der Waals surface area (Å²) in [6.07, 6.45) is 0.930. The second-order valence-electron chi connectivity index (χ2n) is 6.07. The Labute approximate surface area is 145 Å². The van der Waals surface area contributed by atoms with Crippen LogP contribution >= 0.6 is 0 Å². The van der Waals surface area contributed by atoms with E-state index < -0.39 is 10.0 Å². The van der Waals surface area contributed by atoms with Crippen LogP contribution in [0.4, 0.5) is 0 Å². The van der Waals surface area contributed by atoms with Gasteiger partial charge in [-0.15, -0.1) is 0 Å². The Morgan fingerprint density at radius 3 is 2.50 bits per heavy atom. The highest BCUT2D eigenvalue weighted by atomic mass is 32.2. The van der Waals surface area contributed by atoms with Crippen molar-refractivity contribution in [1.82, 2.24) is 14.1 Å². The summed E-state index contributed by atoms with van der Waals surface area (Å²) in [5.41, 5.74) is 0.438. The Morgan fingerprint density at radius 1 is 1.12 bits per heavy atom. The van der Waals surface area contributed by atoms with Crippen LogP contribution in [0.25, 0.3) is 0 Å². The molecule has 7 heteroatoms. The standard InChI is InChI=1S/C17H27N3O3S/c1-4-20(5-2)24(22,23)16-9-6-8-15(14-16)17(21)19-11-7-10-18(3)12-13-19/h6,8-9,14H,4-5,7,10-13H2,1-3H3. The van der Waals surface area contributed by atoms with Crippen LogP contribution in [-0.4, -0.2) is 74.7 Å². The summed E-state index contributed by atoms with van der Waals surface area (Å²) < 4.78 is 26.7. The van der Waals surface area contributed by atoms with Gasteiger partial charge in [0.25, 0.3) is 5.91 Å². The average molecular weight is 353 g/mol. The van der Waals surface area contributed by atoms with E-state index in [-0.39, 0.29) is 10.8 Å². The van der Waals surface area contributed by atoms with Crippen molar-refractivity contribution >= 4 is 15.9 Å². The van der Waals surface area contributed by atoms with Gasteiger partial charge in [-0.2, -0.15) is 4.31 Å². The SMILES string of the molecule is CCN(CC)S(=O)(=O)c1cccc(C(=O)N2CCCN(C)CC2)c1. The Balaban J connectivity index is 2.25. The predicted octanol–water partition coefficient (Wildman–Crippen LogP) is 1.49. The molecule has 0 bridgehead atoms. The second kappa shape index (κ2) is 8.09. The average Bonchev–Trinajstić information content (AvgIpc) is 2.80. The minimum atomic E-state index is -3.55. The summed E-state index contributed by atoms with van der Waals surface area (Å²) in [7, 11) is -1.50. The number of hydrogen-bond donors (Lipinski definition) is 0. The van der Waals surface area contributed by atoms with Crippen LogP contribution < -0.4 is 0 Å². The Bertz CT molecular complexity index is 671. The first-order valence-electron chi connectivity index (χ1n) is 8.48. The Hall–Kier alpha value is -1.44. The molecule has 1 heterocycles. The molecular formula is C17H27N3O3S. The number of sulfonamides is 1. The molecule has 1 aromatic carbocycles. The lowest BCUT2D eigenvalue weighted by atomic mass is 10.2. The first-order chi connectivity index (χ1) is 11.4. The number of benzene rings is 1. The highest BCUT2D eigenvalue weighted by Gasteiger charge is 2.24. The Kier molecular flexibility index (Phi) is 6.37. The lowest BCUT2D eigenvalue weighted by Gasteiger charge is -2.22. The van der Waals surface area contributed by atoms with Crippen molar-refractivity contribution in [3.63, 3.8) is 0 Å². The molecule has 0 saturated carbocycles. The summed E-state index contributed by atoms with van der Waals surface area (Å²) >= 11 is 0. The van der Waals surface area contributed by atoms with Gasteiger partial charge in [0.1, 0.15) is 0 Å². The van der Waals surface area contributed by atoms with Crippen LogP contribution in [0.2, 0.25) is 0 Å². The van der Waals surface area contributed by atoms with E-state index >= 15 is 0 Å². The highest BCUT2D eigenvalue weighted by molar-refractivity contribution is 7.89. The van der Waals surface area contributed by atoms with E-state index in [2.05, 4.69) is 4.90 Å². The van der Waals surface area contributed by atoms with Gasteiger partial charge in [0, 0.05) is 38.3 Å². The fraction of sp³-hybridized carbons (Fsp3) is 0.588. The molecule has 0 aromatic heterocycles. The maximum Gasteiger partial charge on any atom is 0.253 e. The van der Waals surface area contributed by atoms with Gasteiger partial charge in [-0.25, -0.2) is 8.42 Å². The van der Waals surface area contributed by atoms with Crippen molar-refractivity contribution in [3.05, 3.63) is 29.8 Å². The number of nitrogens with zero attached hydrogens (tertiary/aromatic N) is 3. The maximum atomic E-state index is 12.7. The van der Waals surface area contributed by atoms with E-state index in [1.165, 1.54) is 10.4 Å². The van der Waals surface area contributed by atoms with Gasteiger partial charge < -0.3 is 9.80 Å². The van der Waals surface area contributed by atoms with Gasteiger partial charge in [0.2, 0.25) is 10.0 Å². The van der Waals surface area contributed by atoms with E-state index in [0.717, 1.165) is 19.5 Å². The third kappa shape index (κ3) is 4.15. The van der Waals surface area contributed by atoms with Crippen LogP contribution in [-0.2, 0) is 10.0 Å². The zero-order valence-electron chi connectivity index (χ0n) is 14.7. The molecule has 1 aromatic rings. The molecule has 1 fully saturated rings. The van der Waals surface area contributed by atoms with Crippen LogP contribution in [0.1, 0.15) is 30.6 Å². The maximum absolute atomic E-state index is 12.7. The lowest BCUT2D eigenvalue weighted by Crippen LogP contribution is -2.35. The van der Waals surface area contributed by atoms with Gasteiger partial charge in [-0.1, -0.05) is 19.9 Å². The lowest BCUT2D eigenvalue weighted by molar-refractivity contribution is 0.0762. The van der Waals surface area contributed by atoms with Gasteiger partial charge in [0.05, 0.1) is 4.90 Å².